The van der Waals surface area contributed by atoms with Crippen molar-refractivity contribution in [3.05, 3.63) is 30.0 Å². The van der Waals surface area contributed by atoms with Gasteiger partial charge in [-0.3, -0.25) is 4.79 Å². The Labute approximate surface area is 115 Å². The van der Waals surface area contributed by atoms with Crippen LogP contribution in [-0.2, 0) is 15.1 Å². The molecule has 0 bridgehead atoms. The summed E-state index contributed by atoms with van der Waals surface area (Å²) in [5.74, 6) is -0.919. The molecular weight excluding hydrogens is 260 g/mol. The first-order valence-electron chi connectivity index (χ1n) is 6.06. The number of carboxylic acids is 1. The molecule has 0 radical (unpaired) electrons. The molecule has 1 unspecified atom stereocenters. The minimum absolute atomic E-state index is 0.410. The van der Waals surface area contributed by atoms with Gasteiger partial charge in [0.1, 0.15) is 5.75 Å². The molecule has 1 aromatic carbocycles. The lowest BCUT2D eigenvalue weighted by molar-refractivity contribution is -0.147. The van der Waals surface area contributed by atoms with Crippen molar-refractivity contribution in [1.29, 1.82) is 0 Å². The highest BCUT2D eigenvalue weighted by atomic mass is 16.5. The quantitative estimate of drug-likeness (QED) is 0.791. The van der Waals surface area contributed by atoms with Crippen molar-refractivity contribution in [2.75, 3.05) is 7.11 Å². The van der Waals surface area contributed by atoms with Crippen molar-refractivity contribution in [2.45, 2.75) is 19.4 Å². The van der Waals surface area contributed by atoms with Gasteiger partial charge < -0.3 is 20.1 Å². The van der Waals surface area contributed by atoms with Gasteiger partial charge in [0.15, 0.2) is 5.54 Å². The number of fused-ring (bicyclic) bond motifs is 1. The van der Waals surface area contributed by atoms with Gasteiger partial charge in [-0.25, -0.2) is 4.79 Å². The standard InChI is InChI=1S/C14H16N2O4/c1-8(17)16-14(2,13(18)19)11-7-15-12-5-4-9(20-3)6-10(11)12/h4-7,15H,1-3H3,(H,16,17)(H,18,19). The number of H-pyrrole nitrogens is 1. The maximum Gasteiger partial charge on any atom is 0.333 e. The number of carbonyl (C=O) groups excluding carboxylic acids is 1. The minimum Gasteiger partial charge on any atom is -0.497 e. The van der Waals surface area contributed by atoms with Gasteiger partial charge in [-0.1, -0.05) is 0 Å². The second kappa shape index (κ2) is 4.88. The largest absolute Gasteiger partial charge is 0.497 e. The topological polar surface area (TPSA) is 91.4 Å². The number of amides is 1. The van der Waals surface area contributed by atoms with Crippen molar-refractivity contribution in [1.82, 2.24) is 10.3 Å². The summed E-state index contributed by atoms with van der Waals surface area (Å²) in [7, 11) is 1.54. The third-order valence-electron chi connectivity index (χ3n) is 3.28. The number of nitrogens with one attached hydrogen (secondary N) is 2. The lowest BCUT2D eigenvalue weighted by Crippen LogP contribution is -2.48. The van der Waals surface area contributed by atoms with Crippen LogP contribution in [0.15, 0.2) is 24.4 Å². The van der Waals surface area contributed by atoms with E-state index in [-0.39, 0.29) is 0 Å². The van der Waals surface area contributed by atoms with Crippen LogP contribution in [-0.4, -0.2) is 29.1 Å². The van der Waals surface area contributed by atoms with Gasteiger partial charge in [-0.15, -0.1) is 0 Å². The number of aliphatic carboxylic acids is 1. The highest BCUT2D eigenvalue weighted by Gasteiger charge is 2.38. The molecule has 0 aliphatic heterocycles. The molecule has 0 aliphatic rings. The number of hydrogen-bond donors (Lipinski definition) is 3. The van der Waals surface area contributed by atoms with Crippen LogP contribution in [0.5, 0.6) is 5.75 Å². The van der Waals surface area contributed by atoms with Crippen molar-refractivity contribution < 1.29 is 19.4 Å². The summed E-state index contributed by atoms with van der Waals surface area (Å²) < 4.78 is 5.15. The number of carbonyl (C=O) groups is 2. The normalized spacial score (nSPS) is 13.8. The highest BCUT2D eigenvalue weighted by molar-refractivity contribution is 5.94. The first-order chi connectivity index (χ1) is 9.38. The molecule has 0 saturated carbocycles. The molecule has 0 spiro atoms. The molecule has 106 valence electrons. The SMILES string of the molecule is COc1ccc2[nH]cc(C(C)(NC(C)=O)C(=O)O)c2c1. The number of hydrogen-bond acceptors (Lipinski definition) is 3. The van der Waals surface area contributed by atoms with Crippen LogP contribution in [0.2, 0.25) is 0 Å². The lowest BCUT2D eigenvalue weighted by Gasteiger charge is -2.25. The van der Waals surface area contributed by atoms with E-state index < -0.39 is 17.4 Å². The Morgan fingerprint density at radius 3 is 2.65 bits per heavy atom. The fourth-order valence-corrected chi connectivity index (χ4v) is 2.23. The average Bonchev–Trinajstić information content (AvgIpc) is 2.80. The third kappa shape index (κ3) is 2.20. The Balaban J connectivity index is 2.64. The number of aromatic nitrogens is 1. The predicted octanol–water partition coefficient (Wildman–Crippen LogP) is 1.61. The molecule has 6 heteroatoms. The van der Waals surface area contributed by atoms with Crippen molar-refractivity contribution in [3.63, 3.8) is 0 Å². The maximum atomic E-state index is 11.6. The van der Waals surface area contributed by atoms with E-state index in [1.165, 1.54) is 21.0 Å². The van der Waals surface area contributed by atoms with Crippen LogP contribution in [0.1, 0.15) is 19.4 Å². The van der Waals surface area contributed by atoms with E-state index in [0.29, 0.717) is 16.7 Å². The molecule has 0 fully saturated rings. The smallest absolute Gasteiger partial charge is 0.333 e. The molecule has 3 N–H and O–H groups in total. The predicted molar refractivity (Wildman–Crippen MR) is 73.7 cm³/mol. The molecule has 1 amide bonds. The molecule has 6 nitrogen and oxygen atoms in total. The van der Waals surface area contributed by atoms with Gasteiger partial charge >= 0.3 is 5.97 Å². The number of rotatable bonds is 4. The lowest BCUT2D eigenvalue weighted by atomic mass is 9.91. The van der Waals surface area contributed by atoms with E-state index in [1.54, 1.807) is 24.4 Å². The van der Waals surface area contributed by atoms with E-state index in [1.807, 2.05) is 0 Å². The van der Waals surface area contributed by atoms with E-state index >= 15 is 0 Å². The zero-order valence-corrected chi connectivity index (χ0v) is 11.5. The molecular formula is C14H16N2O4. The summed E-state index contributed by atoms with van der Waals surface area (Å²) in [6.07, 6.45) is 1.59. The number of methoxy groups -OCH3 is 1. The molecule has 1 heterocycles. The Bertz CT molecular complexity index is 677. The van der Waals surface area contributed by atoms with E-state index in [0.717, 1.165) is 5.52 Å². The Kier molecular flexibility index (Phi) is 3.40. The van der Waals surface area contributed by atoms with Crippen molar-refractivity contribution in [3.8, 4) is 5.75 Å². The number of aromatic amines is 1. The molecule has 2 aromatic rings. The van der Waals surface area contributed by atoms with Crippen LogP contribution in [0.3, 0.4) is 0 Å². The number of benzene rings is 1. The zero-order valence-electron chi connectivity index (χ0n) is 11.5. The van der Waals surface area contributed by atoms with Crippen LogP contribution in [0, 0.1) is 0 Å². The van der Waals surface area contributed by atoms with Gasteiger partial charge in [0, 0.05) is 29.6 Å². The fraction of sp³-hybridized carbons (Fsp3) is 0.286. The molecule has 0 saturated heterocycles. The van der Waals surface area contributed by atoms with E-state index in [2.05, 4.69) is 10.3 Å². The van der Waals surface area contributed by atoms with Crippen LogP contribution >= 0.6 is 0 Å². The summed E-state index contributed by atoms with van der Waals surface area (Å²) in [5, 5.41) is 12.7. The molecule has 0 aliphatic carbocycles. The fourth-order valence-electron chi connectivity index (χ4n) is 2.23. The summed E-state index contributed by atoms with van der Waals surface area (Å²) in [6.45, 7) is 2.75. The monoisotopic (exact) mass is 276 g/mol. The number of ether oxygens (including phenoxy) is 1. The summed E-state index contributed by atoms with van der Waals surface area (Å²) in [5.41, 5.74) is -0.246. The number of carboxylic acid groups (broad SMARTS) is 1. The van der Waals surface area contributed by atoms with Gasteiger partial charge in [0.05, 0.1) is 7.11 Å². The van der Waals surface area contributed by atoms with Crippen molar-refractivity contribution in [2.24, 2.45) is 0 Å². The Hall–Kier alpha value is -2.50. The van der Waals surface area contributed by atoms with Crippen LogP contribution in [0.4, 0.5) is 0 Å². The third-order valence-corrected chi connectivity index (χ3v) is 3.28. The average molecular weight is 276 g/mol. The van der Waals surface area contributed by atoms with Crippen molar-refractivity contribution >= 4 is 22.8 Å². The molecule has 2 rings (SSSR count). The first kappa shape index (κ1) is 13.9. The molecule has 1 atom stereocenters. The minimum atomic E-state index is -1.50. The second-order valence-corrected chi connectivity index (χ2v) is 4.73. The highest BCUT2D eigenvalue weighted by Crippen LogP contribution is 2.31. The maximum absolute atomic E-state index is 11.6. The second-order valence-electron chi connectivity index (χ2n) is 4.73. The Morgan fingerprint density at radius 1 is 1.40 bits per heavy atom. The van der Waals surface area contributed by atoms with E-state index in [4.69, 9.17) is 4.74 Å². The zero-order chi connectivity index (χ0) is 14.9. The first-order valence-corrected chi connectivity index (χ1v) is 6.06. The Morgan fingerprint density at radius 2 is 2.10 bits per heavy atom. The summed E-state index contributed by atoms with van der Waals surface area (Å²) in [4.78, 5) is 25.9. The van der Waals surface area contributed by atoms with E-state index in [9.17, 15) is 14.7 Å². The van der Waals surface area contributed by atoms with Gasteiger partial charge in [-0.2, -0.15) is 0 Å². The van der Waals surface area contributed by atoms with Gasteiger partial charge in [-0.05, 0) is 25.1 Å². The molecule has 20 heavy (non-hydrogen) atoms. The van der Waals surface area contributed by atoms with Gasteiger partial charge in [0.2, 0.25) is 5.91 Å². The summed E-state index contributed by atoms with van der Waals surface area (Å²) >= 11 is 0. The van der Waals surface area contributed by atoms with Crippen LogP contribution < -0.4 is 10.1 Å². The molecule has 1 aromatic heterocycles. The summed E-state index contributed by atoms with van der Waals surface area (Å²) in [6, 6.07) is 5.32. The van der Waals surface area contributed by atoms with Gasteiger partial charge in [0.25, 0.3) is 0 Å². The van der Waals surface area contributed by atoms with Crippen LogP contribution in [0.25, 0.3) is 10.9 Å².